The van der Waals surface area contributed by atoms with Crippen molar-refractivity contribution in [3.63, 3.8) is 0 Å². The van der Waals surface area contributed by atoms with Crippen LogP contribution in [0.2, 0.25) is 0 Å². The van der Waals surface area contributed by atoms with E-state index >= 15 is 0 Å². The van der Waals surface area contributed by atoms with Gasteiger partial charge in [-0.1, -0.05) is 18.2 Å². The number of benzene rings is 2. The molecule has 1 aliphatic rings. The van der Waals surface area contributed by atoms with E-state index in [9.17, 15) is 14.0 Å². The van der Waals surface area contributed by atoms with Gasteiger partial charge in [0.05, 0.1) is 12.3 Å². The average Bonchev–Trinajstić information content (AvgIpc) is 2.78. The van der Waals surface area contributed by atoms with Crippen molar-refractivity contribution in [3.05, 3.63) is 71.6 Å². The van der Waals surface area contributed by atoms with Gasteiger partial charge >= 0.3 is 0 Å². The Morgan fingerprint density at radius 1 is 1.27 bits per heavy atom. The number of carbonyl (C=O) groups is 2. The lowest BCUT2D eigenvalue weighted by Gasteiger charge is -2.29. The number of anilines is 1. The van der Waals surface area contributed by atoms with Crippen LogP contribution in [-0.4, -0.2) is 30.1 Å². The fourth-order valence-electron chi connectivity index (χ4n) is 3.28. The molecule has 2 amide bonds. The Kier molecular flexibility index (Phi) is 7.53. The van der Waals surface area contributed by atoms with Crippen molar-refractivity contribution in [1.82, 2.24) is 5.32 Å². The van der Waals surface area contributed by atoms with Gasteiger partial charge in [-0.05, 0) is 61.5 Å². The van der Waals surface area contributed by atoms with Crippen molar-refractivity contribution in [2.45, 2.75) is 13.3 Å². The fraction of sp³-hybridized carbons (Fsp3) is 0.167. The van der Waals surface area contributed by atoms with Crippen LogP contribution in [0.3, 0.4) is 0 Å². The number of ether oxygens (including phenoxy) is 2. The van der Waals surface area contributed by atoms with Crippen LogP contribution >= 0.6 is 12.2 Å². The molecule has 2 aromatic rings. The summed E-state index contributed by atoms with van der Waals surface area (Å²) in [6.45, 7) is 5.67. The Morgan fingerprint density at radius 2 is 2.03 bits per heavy atom. The average molecular weight is 466 g/mol. The third kappa shape index (κ3) is 5.07. The van der Waals surface area contributed by atoms with Crippen molar-refractivity contribution in [2.24, 2.45) is 0 Å². The lowest BCUT2D eigenvalue weighted by Crippen LogP contribution is -2.54. The van der Waals surface area contributed by atoms with Crippen molar-refractivity contribution in [2.75, 3.05) is 18.1 Å². The van der Waals surface area contributed by atoms with Crippen LogP contribution in [0.5, 0.6) is 11.5 Å². The minimum absolute atomic E-state index is 0.0685. The van der Waals surface area contributed by atoms with Crippen LogP contribution < -0.4 is 19.7 Å². The lowest BCUT2D eigenvalue weighted by atomic mass is 10.0. The number of hydrogen-bond acceptors (Lipinski definition) is 6. The number of amides is 2. The topological polar surface area (TPSA) is 91.7 Å². The van der Waals surface area contributed by atoms with Crippen LogP contribution in [0, 0.1) is 17.1 Å². The molecule has 0 spiro atoms. The SMILES string of the molecule is C=CCc1cc(/C=C2\C(=O)NC(=S)N(c3ccccc3F)C2=O)cc(OCC)c1OCC#N. The first-order chi connectivity index (χ1) is 15.9. The van der Waals surface area contributed by atoms with Crippen molar-refractivity contribution in [1.29, 1.82) is 5.26 Å². The Balaban J connectivity index is 2.09. The summed E-state index contributed by atoms with van der Waals surface area (Å²) in [5, 5.41) is 11.1. The van der Waals surface area contributed by atoms with Gasteiger partial charge < -0.3 is 9.47 Å². The van der Waals surface area contributed by atoms with E-state index in [-0.39, 0.29) is 23.0 Å². The number of rotatable bonds is 8. The molecule has 0 unspecified atom stereocenters. The molecular weight excluding hydrogens is 445 g/mol. The molecule has 2 aromatic carbocycles. The highest BCUT2D eigenvalue weighted by Crippen LogP contribution is 2.35. The van der Waals surface area contributed by atoms with E-state index in [1.807, 2.05) is 6.07 Å². The van der Waals surface area contributed by atoms with Gasteiger partial charge in [-0.2, -0.15) is 5.26 Å². The number of nitrogens with one attached hydrogen (secondary N) is 1. The van der Waals surface area contributed by atoms with Crippen LogP contribution in [0.4, 0.5) is 10.1 Å². The second-order valence-electron chi connectivity index (χ2n) is 6.79. The Labute approximate surface area is 195 Å². The third-order valence-electron chi connectivity index (χ3n) is 4.61. The summed E-state index contributed by atoms with van der Waals surface area (Å²) in [7, 11) is 0. The summed E-state index contributed by atoms with van der Waals surface area (Å²) < 4.78 is 25.6. The van der Waals surface area contributed by atoms with E-state index in [4.69, 9.17) is 27.0 Å². The molecule has 1 N–H and O–H groups in total. The molecule has 33 heavy (non-hydrogen) atoms. The van der Waals surface area contributed by atoms with Crippen molar-refractivity contribution >= 4 is 40.9 Å². The van der Waals surface area contributed by atoms with Gasteiger partial charge in [0.25, 0.3) is 11.8 Å². The predicted octanol–water partition coefficient (Wildman–Crippen LogP) is 3.69. The maximum atomic E-state index is 14.3. The molecule has 0 bridgehead atoms. The first-order valence-electron chi connectivity index (χ1n) is 9.97. The van der Waals surface area contributed by atoms with E-state index in [1.165, 1.54) is 24.3 Å². The first kappa shape index (κ1) is 23.6. The summed E-state index contributed by atoms with van der Waals surface area (Å²) in [6, 6.07) is 10.8. The molecule has 1 fully saturated rings. The maximum Gasteiger partial charge on any atom is 0.270 e. The number of nitrogens with zero attached hydrogens (tertiary/aromatic N) is 2. The molecule has 0 atom stereocenters. The van der Waals surface area contributed by atoms with Crippen molar-refractivity contribution in [3.8, 4) is 17.6 Å². The van der Waals surface area contributed by atoms with E-state index in [2.05, 4.69) is 11.9 Å². The Morgan fingerprint density at radius 3 is 2.70 bits per heavy atom. The highest BCUT2D eigenvalue weighted by molar-refractivity contribution is 7.80. The quantitative estimate of drug-likeness (QED) is 0.277. The zero-order valence-corrected chi connectivity index (χ0v) is 18.6. The summed E-state index contributed by atoms with van der Waals surface area (Å²) in [6.07, 6.45) is 3.41. The van der Waals surface area contributed by atoms with Gasteiger partial charge in [0.2, 0.25) is 0 Å². The van der Waals surface area contributed by atoms with Crippen LogP contribution in [0.25, 0.3) is 6.08 Å². The molecule has 0 saturated carbocycles. The smallest absolute Gasteiger partial charge is 0.270 e. The number of carbonyl (C=O) groups excluding carboxylic acids is 2. The van der Waals surface area contributed by atoms with Gasteiger partial charge in [-0.3, -0.25) is 14.9 Å². The minimum Gasteiger partial charge on any atom is -0.490 e. The van der Waals surface area contributed by atoms with Gasteiger partial charge in [-0.15, -0.1) is 6.58 Å². The Hall–Kier alpha value is -4.03. The van der Waals surface area contributed by atoms with Crippen LogP contribution in [-0.2, 0) is 16.0 Å². The van der Waals surface area contributed by atoms with Gasteiger partial charge in [-0.25, -0.2) is 9.29 Å². The van der Waals surface area contributed by atoms with Gasteiger partial charge in [0, 0.05) is 5.56 Å². The predicted molar refractivity (Wildman–Crippen MR) is 125 cm³/mol. The summed E-state index contributed by atoms with van der Waals surface area (Å²) in [4.78, 5) is 26.7. The second kappa shape index (κ2) is 10.5. The first-order valence-corrected chi connectivity index (χ1v) is 10.4. The maximum absolute atomic E-state index is 14.3. The molecule has 1 saturated heterocycles. The standard InChI is InChI=1S/C24H20FN3O4S/c1-3-7-16-12-15(14-20(31-4-2)21(16)32-11-10-26)13-17-22(29)27-24(33)28(23(17)30)19-9-6-5-8-18(19)25/h3,5-6,8-9,12-14H,1,4,7,11H2,2H3,(H,27,29,33)/b17-13+. The molecule has 1 aliphatic heterocycles. The fourth-order valence-corrected chi connectivity index (χ4v) is 3.55. The molecule has 168 valence electrons. The Bertz CT molecular complexity index is 1200. The second-order valence-corrected chi connectivity index (χ2v) is 7.18. The number of para-hydroxylation sites is 1. The summed E-state index contributed by atoms with van der Waals surface area (Å²) in [5.41, 5.74) is 0.827. The van der Waals surface area contributed by atoms with E-state index in [0.29, 0.717) is 35.7 Å². The highest BCUT2D eigenvalue weighted by Gasteiger charge is 2.35. The molecule has 0 radical (unpaired) electrons. The largest absolute Gasteiger partial charge is 0.490 e. The van der Waals surface area contributed by atoms with Gasteiger partial charge in [0.1, 0.15) is 17.5 Å². The number of thiocarbonyl (C=S) groups is 1. The lowest BCUT2D eigenvalue weighted by molar-refractivity contribution is -0.122. The third-order valence-corrected chi connectivity index (χ3v) is 4.89. The zero-order chi connectivity index (χ0) is 24.0. The summed E-state index contributed by atoms with van der Waals surface area (Å²) >= 11 is 5.11. The van der Waals surface area contributed by atoms with E-state index in [1.54, 1.807) is 31.2 Å². The van der Waals surface area contributed by atoms with Gasteiger partial charge in [0.15, 0.2) is 23.2 Å². The number of halogens is 1. The van der Waals surface area contributed by atoms with E-state index in [0.717, 1.165) is 4.90 Å². The summed E-state index contributed by atoms with van der Waals surface area (Å²) in [5.74, 6) is -1.39. The number of hydrogen-bond donors (Lipinski definition) is 1. The molecule has 7 nitrogen and oxygen atoms in total. The molecule has 1 heterocycles. The van der Waals surface area contributed by atoms with Crippen molar-refractivity contribution < 1.29 is 23.5 Å². The molecule has 9 heteroatoms. The molecule has 0 aromatic heterocycles. The minimum atomic E-state index is -0.762. The monoisotopic (exact) mass is 465 g/mol. The van der Waals surface area contributed by atoms with Crippen LogP contribution in [0.1, 0.15) is 18.1 Å². The van der Waals surface area contributed by atoms with E-state index < -0.39 is 17.6 Å². The molecule has 0 aliphatic carbocycles. The van der Waals surface area contributed by atoms with Crippen LogP contribution in [0.15, 0.2) is 54.6 Å². The number of allylic oxidation sites excluding steroid dienone is 1. The molecular formula is C24H20FN3O4S. The highest BCUT2D eigenvalue weighted by atomic mass is 32.1. The number of nitriles is 1. The normalized spacial score (nSPS) is 14.6. The zero-order valence-electron chi connectivity index (χ0n) is 17.8. The molecule has 3 rings (SSSR count).